The summed E-state index contributed by atoms with van der Waals surface area (Å²) in [5.74, 6) is -0.358. The van der Waals surface area contributed by atoms with Gasteiger partial charge in [-0.15, -0.1) is 22.7 Å². The van der Waals surface area contributed by atoms with Crippen LogP contribution in [0, 0.1) is 17.0 Å². The number of aryl methyl sites for hydroxylation is 1. The molecule has 21 heavy (non-hydrogen) atoms. The van der Waals surface area contributed by atoms with E-state index in [0.29, 0.717) is 16.2 Å². The van der Waals surface area contributed by atoms with E-state index in [1.807, 2.05) is 17.5 Å². The smallest absolute Gasteiger partial charge is 0.283 e. The maximum atomic E-state index is 12.2. The van der Waals surface area contributed by atoms with Crippen molar-refractivity contribution >= 4 is 34.3 Å². The molecule has 0 spiro atoms. The highest BCUT2D eigenvalue weighted by atomic mass is 32.1. The molecule has 2 aromatic rings. The van der Waals surface area contributed by atoms with Gasteiger partial charge in [-0.1, -0.05) is 6.07 Å². The largest absolute Gasteiger partial charge is 0.396 e. The van der Waals surface area contributed by atoms with Crippen molar-refractivity contribution in [2.24, 2.45) is 0 Å². The first-order chi connectivity index (χ1) is 10.0. The molecular weight excluding hydrogens is 312 g/mol. The molecule has 6 nitrogen and oxygen atoms in total. The minimum absolute atomic E-state index is 0.0417. The Morgan fingerprint density at radius 3 is 2.86 bits per heavy atom. The Bertz CT molecular complexity index is 637. The molecule has 0 aliphatic carbocycles. The van der Waals surface area contributed by atoms with Gasteiger partial charge >= 0.3 is 0 Å². The molecule has 0 bridgehead atoms. The van der Waals surface area contributed by atoms with E-state index in [1.54, 1.807) is 6.92 Å². The summed E-state index contributed by atoms with van der Waals surface area (Å²) in [5, 5.41) is 24.6. The fraction of sp³-hybridized carbons (Fsp3) is 0.308. The number of nitro groups is 1. The van der Waals surface area contributed by atoms with E-state index in [4.69, 9.17) is 5.11 Å². The number of nitrogens with one attached hydrogen (secondary N) is 1. The number of amides is 1. The highest BCUT2D eigenvalue weighted by molar-refractivity contribution is 7.14. The molecule has 2 aromatic heterocycles. The van der Waals surface area contributed by atoms with Gasteiger partial charge in [-0.3, -0.25) is 14.9 Å². The SMILES string of the molecule is Cc1sc(C(=O)N[C@@H](CCO)c2cccs2)cc1[N+](=O)[O-]. The number of carbonyl (C=O) groups is 1. The van der Waals surface area contributed by atoms with E-state index in [0.717, 1.165) is 16.2 Å². The summed E-state index contributed by atoms with van der Waals surface area (Å²) in [6, 6.07) is 4.76. The molecule has 2 heterocycles. The van der Waals surface area contributed by atoms with E-state index in [9.17, 15) is 14.9 Å². The Labute approximate surface area is 129 Å². The predicted octanol–water partition coefficient (Wildman–Crippen LogP) is 2.88. The summed E-state index contributed by atoms with van der Waals surface area (Å²) >= 11 is 2.59. The quantitative estimate of drug-likeness (QED) is 0.630. The van der Waals surface area contributed by atoms with Gasteiger partial charge in [0, 0.05) is 17.6 Å². The average molecular weight is 326 g/mol. The molecule has 112 valence electrons. The summed E-state index contributed by atoms with van der Waals surface area (Å²) in [4.78, 5) is 24.3. The van der Waals surface area contributed by atoms with Gasteiger partial charge in [0.25, 0.3) is 11.6 Å². The summed E-state index contributed by atoms with van der Waals surface area (Å²) in [6.45, 7) is 1.57. The van der Waals surface area contributed by atoms with Gasteiger partial charge in [-0.25, -0.2) is 0 Å². The fourth-order valence-corrected chi connectivity index (χ4v) is 3.60. The molecule has 0 saturated heterocycles. The second-order valence-electron chi connectivity index (χ2n) is 4.36. The van der Waals surface area contributed by atoms with Crippen LogP contribution in [0.25, 0.3) is 0 Å². The van der Waals surface area contributed by atoms with E-state index >= 15 is 0 Å². The van der Waals surface area contributed by atoms with Gasteiger partial charge in [0.1, 0.15) is 0 Å². The molecule has 2 rings (SSSR count). The van der Waals surface area contributed by atoms with Crippen molar-refractivity contribution in [3.05, 3.63) is 48.3 Å². The molecule has 0 unspecified atom stereocenters. The van der Waals surface area contributed by atoms with E-state index in [1.165, 1.54) is 17.4 Å². The Kier molecular flexibility index (Phi) is 5.05. The average Bonchev–Trinajstić information content (AvgIpc) is 3.07. The number of hydrogen-bond donors (Lipinski definition) is 2. The lowest BCUT2D eigenvalue weighted by atomic mass is 10.1. The number of aliphatic hydroxyl groups excluding tert-OH is 1. The number of rotatable bonds is 6. The number of hydrogen-bond acceptors (Lipinski definition) is 6. The van der Waals surface area contributed by atoms with Crippen LogP contribution in [0.4, 0.5) is 5.69 Å². The van der Waals surface area contributed by atoms with Gasteiger partial charge in [0.2, 0.25) is 0 Å². The second kappa shape index (κ2) is 6.79. The monoisotopic (exact) mass is 326 g/mol. The van der Waals surface area contributed by atoms with Crippen LogP contribution < -0.4 is 5.32 Å². The minimum atomic E-state index is -0.493. The Balaban J connectivity index is 2.15. The third kappa shape index (κ3) is 3.66. The molecule has 0 aromatic carbocycles. The number of aliphatic hydroxyl groups is 1. The predicted molar refractivity (Wildman–Crippen MR) is 81.9 cm³/mol. The van der Waals surface area contributed by atoms with Gasteiger partial charge in [0.15, 0.2) is 0 Å². The zero-order valence-corrected chi connectivity index (χ0v) is 12.9. The first-order valence-electron chi connectivity index (χ1n) is 6.23. The van der Waals surface area contributed by atoms with Crippen molar-refractivity contribution in [1.82, 2.24) is 5.32 Å². The third-order valence-electron chi connectivity index (χ3n) is 2.92. The second-order valence-corrected chi connectivity index (χ2v) is 6.60. The lowest BCUT2D eigenvalue weighted by Crippen LogP contribution is -2.28. The maximum absolute atomic E-state index is 12.2. The standard InChI is InChI=1S/C13H14N2O4S2/c1-8-10(15(18)19)7-12(21-8)13(17)14-9(4-5-16)11-3-2-6-20-11/h2-3,6-7,9,16H,4-5H2,1H3,(H,14,17)/t9-/m0/s1. The summed E-state index contributed by atoms with van der Waals surface area (Å²) < 4.78 is 0. The van der Waals surface area contributed by atoms with Crippen LogP contribution in [0.5, 0.6) is 0 Å². The molecule has 8 heteroatoms. The molecule has 0 aliphatic heterocycles. The van der Waals surface area contributed by atoms with E-state index < -0.39 is 4.92 Å². The van der Waals surface area contributed by atoms with Gasteiger partial charge in [-0.05, 0) is 24.8 Å². The van der Waals surface area contributed by atoms with Crippen LogP contribution in [-0.2, 0) is 0 Å². The lowest BCUT2D eigenvalue weighted by Gasteiger charge is -2.15. The highest BCUT2D eigenvalue weighted by Crippen LogP contribution is 2.29. The van der Waals surface area contributed by atoms with E-state index in [-0.39, 0.29) is 24.2 Å². The highest BCUT2D eigenvalue weighted by Gasteiger charge is 2.22. The van der Waals surface area contributed by atoms with Crippen LogP contribution in [0.15, 0.2) is 23.6 Å². The van der Waals surface area contributed by atoms with E-state index in [2.05, 4.69) is 5.32 Å². The molecule has 0 saturated carbocycles. The number of nitrogens with zero attached hydrogens (tertiary/aromatic N) is 1. The van der Waals surface area contributed by atoms with Crippen LogP contribution >= 0.6 is 22.7 Å². The van der Waals surface area contributed by atoms with Crippen LogP contribution in [0.2, 0.25) is 0 Å². The normalized spacial score (nSPS) is 12.1. The zero-order valence-electron chi connectivity index (χ0n) is 11.2. The van der Waals surface area contributed by atoms with Crippen LogP contribution in [0.1, 0.15) is 31.9 Å². The first kappa shape index (κ1) is 15.6. The summed E-state index contributed by atoms with van der Waals surface area (Å²) in [7, 11) is 0. The first-order valence-corrected chi connectivity index (χ1v) is 7.92. The summed E-state index contributed by atoms with van der Waals surface area (Å²) in [6.07, 6.45) is 0.401. The van der Waals surface area contributed by atoms with Crippen LogP contribution in [-0.4, -0.2) is 22.5 Å². The zero-order chi connectivity index (χ0) is 15.4. The molecule has 1 atom stereocenters. The molecule has 0 aliphatic rings. The third-order valence-corrected chi connectivity index (χ3v) is 4.95. The van der Waals surface area contributed by atoms with Gasteiger partial charge in [-0.2, -0.15) is 0 Å². The van der Waals surface area contributed by atoms with Crippen molar-refractivity contribution in [3.63, 3.8) is 0 Å². The van der Waals surface area contributed by atoms with Gasteiger partial charge in [0.05, 0.1) is 20.7 Å². The Hall–Kier alpha value is -1.77. The molecular formula is C13H14N2O4S2. The Morgan fingerprint density at radius 2 is 2.33 bits per heavy atom. The van der Waals surface area contributed by atoms with Gasteiger partial charge < -0.3 is 10.4 Å². The minimum Gasteiger partial charge on any atom is -0.396 e. The van der Waals surface area contributed by atoms with Crippen LogP contribution in [0.3, 0.4) is 0 Å². The number of thiophene rings is 2. The molecule has 1 amide bonds. The van der Waals surface area contributed by atoms with Crippen molar-refractivity contribution in [2.75, 3.05) is 6.61 Å². The molecule has 2 N–H and O–H groups in total. The Morgan fingerprint density at radius 1 is 1.57 bits per heavy atom. The van der Waals surface area contributed by atoms with Crippen molar-refractivity contribution in [2.45, 2.75) is 19.4 Å². The van der Waals surface area contributed by atoms with Crippen molar-refractivity contribution in [1.29, 1.82) is 0 Å². The topological polar surface area (TPSA) is 92.5 Å². The van der Waals surface area contributed by atoms with Crippen molar-refractivity contribution in [3.8, 4) is 0 Å². The molecule has 0 radical (unpaired) electrons. The molecule has 0 fully saturated rings. The summed E-state index contributed by atoms with van der Waals surface area (Å²) in [5.41, 5.74) is -0.0417. The maximum Gasteiger partial charge on any atom is 0.283 e. The van der Waals surface area contributed by atoms with Crippen molar-refractivity contribution < 1.29 is 14.8 Å². The lowest BCUT2D eigenvalue weighted by molar-refractivity contribution is -0.385. The number of carbonyl (C=O) groups excluding carboxylic acids is 1. The fourth-order valence-electron chi connectivity index (χ4n) is 1.90.